The number of carbonyl (C=O) groups is 2. The molecule has 0 spiro atoms. The van der Waals surface area contributed by atoms with Gasteiger partial charge >= 0.3 is 12.2 Å². The fraction of sp³-hybridized carbons (Fsp3) is 0.227. The lowest BCUT2D eigenvalue weighted by Crippen LogP contribution is -2.49. The van der Waals surface area contributed by atoms with Crippen LogP contribution in [0.1, 0.15) is 22.7 Å². The normalized spacial score (nSPS) is 16.5. The quantitative estimate of drug-likeness (QED) is 0.231. The first-order valence-electron chi connectivity index (χ1n) is 9.53. The van der Waals surface area contributed by atoms with Crippen molar-refractivity contribution in [1.29, 1.82) is 5.26 Å². The summed E-state index contributed by atoms with van der Waals surface area (Å²) in [5.74, 6) is 0. The van der Waals surface area contributed by atoms with Gasteiger partial charge in [0.1, 0.15) is 6.29 Å². The first kappa shape index (κ1) is 23.7. The lowest BCUT2D eigenvalue weighted by Gasteiger charge is -2.36. The molecule has 0 aliphatic carbocycles. The van der Waals surface area contributed by atoms with Gasteiger partial charge in [0.05, 0.1) is 34.6 Å². The van der Waals surface area contributed by atoms with E-state index in [9.17, 15) is 22.8 Å². The summed E-state index contributed by atoms with van der Waals surface area (Å²) >= 11 is 2.16. The Morgan fingerprint density at radius 1 is 1.22 bits per heavy atom. The number of aldehydes is 1. The SMILES string of the molecule is N#Cc1ccc(C2NC(=O)N(c3cccc(C(F)(F)F)c3)C(CNCCI)=C2C=O)cc1. The summed E-state index contributed by atoms with van der Waals surface area (Å²) in [6.07, 6.45) is -3.98. The van der Waals surface area contributed by atoms with E-state index < -0.39 is 23.8 Å². The van der Waals surface area contributed by atoms with Crippen molar-refractivity contribution in [3.63, 3.8) is 0 Å². The van der Waals surface area contributed by atoms with Gasteiger partial charge in [-0.05, 0) is 35.9 Å². The van der Waals surface area contributed by atoms with E-state index in [2.05, 4.69) is 33.2 Å². The van der Waals surface area contributed by atoms with Crippen LogP contribution in [0.3, 0.4) is 0 Å². The van der Waals surface area contributed by atoms with Crippen LogP contribution in [0.5, 0.6) is 0 Å². The standard InChI is InChI=1S/C22H18F3IN4O2/c23-22(24,25)16-2-1-3-17(10-16)30-19(12-28-9-8-26)18(13-31)20(29-21(30)32)15-6-4-14(11-27)5-7-15/h1-7,10,13,20,28H,8-9,12H2,(H,29,32). The van der Waals surface area contributed by atoms with Crippen molar-refractivity contribution >= 4 is 40.6 Å². The van der Waals surface area contributed by atoms with Gasteiger partial charge in [0.25, 0.3) is 0 Å². The van der Waals surface area contributed by atoms with Gasteiger partial charge in [-0.25, -0.2) is 4.79 Å². The molecule has 0 aromatic heterocycles. The molecule has 1 aliphatic heterocycles. The maximum atomic E-state index is 13.2. The fourth-order valence-corrected chi connectivity index (χ4v) is 3.76. The molecule has 0 fully saturated rings. The summed E-state index contributed by atoms with van der Waals surface area (Å²) < 4.78 is 40.5. The van der Waals surface area contributed by atoms with E-state index in [-0.39, 0.29) is 23.5 Å². The summed E-state index contributed by atoms with van der Waals surface area (Å²) in [6, 6.07) is 11.3. The molecule has 3 rings (SSSR count). The topological polar surface area (TPSA) is 85.2 Å². The van der Waals surface area contributed by atoms with Crippen molar-refractivity contribution in [2.24, 2.45) is 0 Å². The average molecular weight is 554 g/mol. The molecule has 2 aromatic rings. The van der Waals surface area contributed by atoms with E-state index in [1.54, 1.807) is 24.3 Å². The molecule has 32 heavy (non-hydrogen) atoms. The lowest BCUT2D eigenvalue weighted by molar-refractivity contribution is -0.137. The van der Waals surface area contributed by atoms with Crippen LogP contribution in [0.4, 0.5) is 23.7 Å². The Morgan fingerprint density at radius 2 is 1.94 bits per heavy atom. The molecule has 1 unspecified atom stereocenters. The Morgan fingerprint density at radius 3 is 2.53 bits per heavy atom. The monoisotopic (exact) mass is 554 g/mol. The third-order valence-corrected chi connectivity index (χ3v) is 5.42. The average Bonchev–Trinajstić information content (AvgIpc) is 2.78. The summed E-state index contributed by atoms with van der Waals surface area (Å²) in [6.45, 7) is 0.684. The number of nitrogens with zero attached hydrogens (tertiary/aromatic N) is 2. The van der Waals surface area contributed by atoms with Crippen LogP contribution < -0.4 is 15.5 Å². The molecule has 10 heteroatoms. The zero-order valence-corrected chi connectivity index (χ0v) is 18.8. The number of amides is 2. The second kappa shape index (κ2) is 10.1. The number of alkyl halides is 4. The smallest absolute Gasteiger partial charge is 0.326 e. The first-order chi connectivity index (χ1) is 15.3. The summed E-state index contributed by atoms with van der Waals surface area (Å²) in [4.78, 5) is 26.3. The molecular weight excluding hydrogens is 536 g/mol. The second-order valence-corrected chi connectivity index (χ2v) is 7.96. The highest BCUT2D eigenvalue weighted by atomic mass is 127. The van der Waals surface area contributed by atoms with Gasteiger partial charge in [0, 0.05) is 23.1 Å². The minimum absolute atomic E-state index is 0.00114. The minimum Gasteiger partial charge on any atom is -0.326 e. The maximum Gasteiger partial charge on any atom is 0.416 e. The molecule has 166 valence electrons. The molecule has 1 heterocycles. The highest BCUT2D eigenvalue weighted by Gasteiger charge is 2.36. The van der Waals surface area contributed by atoms with Crippen molar-refractivity contribution < 1.29 is 22.8 Å². The molecular formula is C22H18F3IN4O2. The van der Waals surface area contributed by atoms with Crippen LogP contribution in [0.2, 0.25) is 0 Å². The molecule has 2 aromatic carbocycles. The van der Waals surface area contributed by atoms with Crippen molar-refractivity contribution in [2.75, 3.05) is 22.4 Å². The number of nitriles is 1. The zero-order valence-electron chi connectivity index (χ0n) is 16.6. The van der Waals surface area contributed by atoms with Crippen LogP contribution in [-0.4, -0.2) is 29.8 Å². The molecule has 0 saturated carbocycles. The Balaban J connectivity index is 2.11. The molecule has 1 atom stereocenters. The van der Waals surface area contributed by atoms with Crippen molar-refractivity contribution in [2.45, 2.75) is 12.2 Å². The number of halogens is 4. The Kier molecular flexibility index (Phi) is 7.52. The Bertz CT molecular complexity index is 1080. The van der Waals surface area contributed by atoms with Gasteiger partial charge in [0.2, 0.25) is 0 Å². The van der Waals surface area contributed by atoms with Crippen LogP contribution in [-0.2, 0) is 11.0 Å². The van der Waals surface area contributed by atoms with Crippen LogP contribution in [0, 0.1) is 11.3 Å². The Labute approximate surface area is 196 Å². The van der Waals surface area contributed by atoms with E-state index in [0.717, 1.165) is 21.5 Å². The predicted octanol–water partition coefficient (Wildman–Crippen LogP) is 4.33. The maximum absolute atomic E-state index is 13.2. The number of urea groups is 1. The van der Waals surface area contributed by atoms with Crippen LogP contribution in [0.25, 0.3) is 0 Å². The first-order valence-corrected chi connectivity index (χ1v) is 11.1. The van der Waals surface area contributed by atoms with E-state index in [0.29, 0.717) is 24.0 Å². The van der Waals surface area contributed by atoms with E-state index in [4.69, 9.17) is 5.26 Å². The third-order valence-electron chi connectivity index (χ3n) is 4.88. The zero-order chi connectivity index (χ0) is 23.3. The molecule has 0 bridgehead atoms. The number of rotatable bonds is 7. The molecule has 2 N–H and O–H groups in total. The van der Waals surface area contributed by atoms with Gasteiger partial charge < -0.3 is 10.6 Å². The van der Waals surface area contributed by atoms with E-state index in [1.165, 1.54) is 12.1 Å². The predicted molar refractivity (Wildman–Crippen MR) is 121 cm³/mol. The molecule has 2 amide bonds. The fourth-order valence-electron chi connectivity index (χ4n) is 3.38. The van der Waals surface area contributed by atoms with Gasteiger partial charge in [-0.2, -0.15) is 18.4 Å². The van der Waals surface area contributed by atoms with E-state index in [1.807, 2.05) is 6.07 Å². The third kappa shape index (κ3) is 5.11. The Hall–Kier alpha value is -2.91. The summed E-state index contributed by atoms with van der Waals surface area (Å²) in [5.41, 5.74) is 0.581. The van der Waals surface area contributed by atoms with Crippen molar-refractivity contribution in [3.8, 4) is 6.07 Å². The minimum atomic E-state index is -4.58. The molecule has 6 nitrogen and oxygen atoms in total. The summed E-state index contributed by atoms with van der Waals surface area (Å²) in [5, 5.41) is 14.8. The van der Waals surface area contributed by atoms with Gasteiger partial charge in [0.15, 0.2) is 0 Å². The van der Waals surface area contributed by atoms with E-state index >= 15 is 0 Å². The number of carbonyl (C=O) groups excluding carboxylic acids is 2. The lowest BCUT2D eigenvalue weighted by atomic mass is 9.94. The van der Waals surface area contributed by atoms with Crippen LogP contribution >= 0.6 is 22.6 Å². The highest BCUT2D eigenvalue weighted by Crippen LogP contribution is 2.36. The van der Waals surface area contributed by atoms with Gasteiger partial charge in [-0.1, -0.05) is 40.8 Å². The second-order valence-electron chi connectivity index (χ2n) is 6.89. The number of anilines is 1. The number of nitrogens with one attached hydrogen (secondary N) is 2. The molecule has 1 aliphatic rings. The van der Waals surface area contributed by atoms with Crippen molar-refractivity contribution in [1.82, 2.24) is 10.6 Å². The number of benzene rings is 2. The largest absolute Gasteiger partial charge is 0.416 e. The van der Waals surface area contributed by atoms with Gasteiger partial charge in [-0.15, -0.1) is 0 Å². The number of hydrogen-bond donors (Lipinski definition) is 2. The highest BCUT2D eigenvalue weighted by molar-refractivity contribution is 14.1. The summed E-state index contributed by atoms with van der Waals surface area (Å²) in [7, 11) is 0. The number of hydrogen-bond acceptors (Lipinski definition) is 4. The van der Waals surface area contributed by atoms with Crippen molar-refractivity contribution in [3.05, 3.63) is 76.5 Å². The molecule has 0 radical (unpaired) electrons. The van der Waals surface area contributed by atoms with Crippen LogP contribution in [0.15, 0.2) is 59.8 Å². The van der Waals surface area contributed by atoms with Gasteiger partial charge in [-0.3, -0.25) is 9.69 Å². The molecule has 0 saturated heterocycles.